The molecular weight excluding hydrogens is 456 g/mol. The van der Waals surface area contributed by atoms with Gasteiger partial charge in [-0.25, -0.2) is 9.59 Å². The highest BCUT2D eigenvalue weighted by molar-refractivity contribution is 7.90. The molecule has 0 unspecified atom stereocenters. The van der Waals surface area contributed by atoms with E-state index in [0.29, 0.717) is 41.0 Å². The Balaban J connectivity index is 1.44. The number of benzene rings is 2. The minimum atomic E-state index is -3.91. The largest absolute Gasteiger partial charge is 0.457 e. The predicted molar refractivity (Wildman–Crippen MR) is 128 cm³/mol. The van der Waals surface area contributed by atoms with E-state index >= 15 is 0 Å². The van der Waals surface area contributed by atoms with Gasteiger partial charge in [0.05, 0.1) is 11.3 Å². The molecule has 0 saturated carbocycles. The van der Waals surface area contributed by atoms with Crippen LogP contribution in [0.4, 0.5) is 5.69 Å². The molecule has 0 amide bonds. The number of carbonyl (C=O) groups is 1. The van der Waals surface area contributed by atoms with Crippen LogP contribution in [-0.2, 0) is 21.4 Å². The molecule has 2 aliphatic heterocycles. The summed E-state index contributed by atoms with van der Waals surface area (Å²) >= 11 is 0. The molecular formula is C25H24N2O6S. The summed E-state index contributed by atoms with van der Waals surface area (Å²) in [6.45, 7) is 4.40. The van der Waals surface area contributed by atoms with Gasteiger partial charge in [-0.3, -0.25) is 0 Å². The van der Waals surface area contributed by atoms with Gasteiger partial charge in [0.2, 0.25) is 0 Å². The van der Waals surface area contributed by atoms with Gasteiger partial charge in [-0.1, -0.05) is 6.42 Å². The smallest absolute Gasteiger partial charge is 0.338 e. The maximum Gasteiger partial charge on any atom is 0.338 e. The molecule has 8 nitrogen and oxygen atoms in total. The Kier molecular flexibility index (Phi) is 5.51. The second kappa shape index (κ2) is 8.39. The number of sulfonamides is 1. The molecule has 1 fully saturated rings. The highest BCUT2D eigenvalue weighted by atomic mass is 32.2. The Labute approximate surface area is 196 Å². The van der Waals surface area contributed by atoms with E-state index in [9.17, 15) is 18.0 Å². The molecule has 0 radical (unpaired) electrons. The lowest BCUT2D eigenvalue weighted by Crippen LogP contribution is -2.35. The number of ether oxygens (including phenoxy) is 1. The molecule has 9 heteroatoms. The molecule has 3 aromatic rings. The van der Waals surface area contributed by atoms with Crippen molar-refractivity contribution in [2.75, 3.05) is 11.4 Å². The third-order valence-electron chi connectivity index (χ3n) is 6.39. The first-order valence-corrected chi connectivity index (χ1v) is 12.6. The summed E-state index contributed by atoms with van der Waals surface area (Å²) in [4.78, 5) is 26.8. The topological polar surface area (TPSA) is 106 Å². The molecule has 34 heavy (non-hydrogen) atoms. The minimum Gasteiger partial charge on any atom is -0.457 e. The Hall–Kier alpha value is -3.46. The molecule has 176 valence electrons. The van der Waals surface area contributed by atoms with E-state index in [0.717, 1.165) is 30.4 Å². The van der Waals surface area contributed by atoms with Crippen molar-refractivity contribution < 1.29 is 22.4 Å². The van der Waals surface area contributed by atoms with Crippen molar-refractivity contribution in [3.05, 3.63) is 69.1 Å². The van der Waals surface area contributed by atoms with Gasteiger partial charge in [-0.05, 0) is 68.1 Å². The van der Waals surface area contributed by atoms with E-state index in [-0.39, 0.29) is 17.1 Å². The summed E-state index contributed by atoms with van der Waals surface area (Å²) in [7, 11) is -3.91. The monoisotopic (exact) mass is 480 g/mol. The molecule has 5 rings (SSSR count). The van der Waals surface area contributed by atoms with Crippen LogP contribution in [0.3, 0.4) is 0 Å². The average molecular weight is 481 g/mol. The number of esters is 1. The zero-order valence-corrected chi connectivity index (χ0v) is 19.8. The Morgan fingerprint density at radius 2 is 1.88 bits per heavy atom. The molecule has 2 aliphatic rings. The average Bonchev–Trinajstić information content (AvgIpc) is 3.03. The highest BCUT2D eigenvalue weighted by Crippen LogP contribution is 2.35. The third-order valence-corrected chi connectivity index (χ3v) is 7.72. The molecule has 0 N–H and O–H groups in total. The minimum absolute atomic E-state index is 0.00417. The van der Waals surface area contributed by atoms with Crippen LogP contribution in [0.5, 0.6) is 0 Å². The molecule has 1 aromatic heterocycles. The van der Waals surface area contributed by atoms with Crippen LogP contribution in [0, 0.1) is 13.8 Å². The molecule has 3 heterocycles. The van der Waals surface area contributed by atoms with Gasteiger partial charge in [0, 0.05) is 30.0 Å². The maximum atomic E-state index is 12.8. The van der Waals surface area contributed by atoms with Crippen LogP contribution in [0.25, 0.3) is 11.0 Å². The first-order chi connectivity index (χ1) is 16.2. The van der Waals surface area contributed by atoms with E-state index in [1.807, 2.05) is 24.8 Å². The summed E-state index contributed by atoms with van der Waals surface area (Å²) in [5.74, 6) is -0.130. The van der Waals surface area contributed by atoms with Gasteiger partial charge < -0.3 is 14.1 Å². The first kappa shape index (κ1) is 22.3. The number of carbonyl (C=O) groups excluding carboxylic acids is 1. The highest BCUT2D eigenvalue weighted by Gasteiger charge is 2.32. The van der Waals surface area contributed by atoms with Crippen LogP contribution >= 0.6 is 0 Å². The molecule has 2 aromatic carbocycles. The summed E-state index contributed by atoms with van der Waals surface area (Å²) in [5, 5.41) is 0.687. The number of hydrogen-bond donors (Lipinski definition) is 0. The van der Waals surface area contributed by atoms with Gasteiger partial charge in [-0.2, -0.15) is 8.42 Å². The fourth-order valence-corrected chi connectivity index (χ4v) is 5.72. The molecule has 0 spiro atoms. The number of anilines is 1. The Morgan fingerprint density at radius 1 is 1.09 bits per heavy atom. The van der Waals surface area contributed by atoms with Crippen LogP contribution in [-0.4, -0.2) is 26.8 Å². The van der Waals surface area contributed by atoms with Gasteiger partial charge in [0.25, 0.3) is 10.0 Å². The summed E-state index contributed by atoms with van der Waals surface area (Å²) < 4.78 is 40.4. The molecule has 0 aliphatic carbocycles. The lowest BCUT2D eigenvalue weighted by molar-refractivity contribution is 0.0473. The molecule has 1 saturated heterocycles. The quantitative estimate of drug-likeness (QED) is 0.407. The fourth-order valence-electron chi connectivity index (χ4n) is 4.44. The number of nitrogens with zero attached hydrogens (tertiary/aromatic N) is 2. The van der Waals surface area contributed by atoms with Gasteiger partial charge in [0.15, 0.2) is 0 Å². The standard InChI is InChI=1S/C25H24N2O6S/c1-15-10-19-18(13-24(28)33-21(19)11-16(15)2)14-32-25(29)17-7-8-20-22(12-17)34(30,31)26-23-6-4-3-5-9-27(20)23/h7-8,10-13H,3-6,9,14H2,1-2H3. The second-order valence-corrected chi connectivity index (χ2v) is 10.3. The van der Waals surface area contributed by atoms with E-state index in [1.165, 1.54) is 12.1 Å². The van der Waals surface area contributed by atoms with Gasteiger partial charge in [-0.15, -0.1) is 4.40 Å². The lowest BCUT2D eigenvalue weighted by Gasteiger charge is -2.29. The van der Waals surface area contributed by atoms with Gasteiger partial charge in [0.1, 0.15) is 22.9 Å². The van der Waals surface area contributed by atoms with E-state index in [4.69, 9.17) is 9.15 Å². The van der Waals surface area contributed by atoms with Crippen molar-refractivity contribution in [2.45, 2.75) is 51.0 Å². The fraction of sp³-hybridized carbons (Fsp3) is 0.320. The van der Waals surface area contributed by atoms with Crippen molar-refractivity contribution in [3.63, 3.8) is 0 Å². The van der Waals surface area contributed by atoms with Crippen LogP contribution in [0.2, 0.25) is 0 Å². The van der Waals surface area contributed by atoms with Crippen molar-refractivity contribution in [1.82, 2.24) is 0 Å². The molecule has 0 atom stereocenters. The van der Waals surface area contributed by atoms with Crippen molar-refractivity contribution in [3.8, 4) is 0 Å². The third kappa shape index (κ3) is 4.00. The first-order valence-electron chi connectivity index (χ1n) is 11.2. The maximum absolute atomic E-state index is 12.8. The number of amidine groups is 1. The van der Waals surface area contributed by atoms with Crippen LogP contribution in [0.15, 0.2) is 54.9 Å². The van der Waals surface area contributed by atoms with Crippen LogP contribution in [0.1, 0.15) is 52.7 Å². The number of aryl methyl sites for hydroxylation is 2. The summed E-state index contributed by atoms with van der Waals surface area (Å²) in [5.41, 5.74) is 3.06. The zero-order chi connectivity index (χ0) is 24.0. The molecule has 0 bridgehead atoms. The number of fused-ring (bicyclic) bond motifs is 4. The predicted octanol–water partition coefficient (Wildman–Crippen LogP) is 4.25. The zero-order valence-electron chi connectivity index (χ0n) is 19.0. The van der Waals surface area contributed by atoms with Crippen LogP contribution < -0.4 is 10.5 Å². The lowest BCUT2D eigenvalue weighted by atomic mass is 10.0. The number of hydrogen-bond acceptors (Lipinski definition) is 7. The van der Waals surface area contributed by atoms with Crippen molar-refractivity contribution >= 4 is 38.5 Å². The van der Waals surface area contributed by atoms with E-state index in [2.05, 4.69) is 4.40 Å². The number of rotatable bonds is 3. The normalized spacial score (nSPS) is 16.9. The Morgan fingerprint density at radius 3 is 2.71 bits per heavy atom. The van der Waals surface area contributed by atoms with E-state index in [1.54, 1.807) is 18.2 Å². The SMILES string of the molecule is Cc1cc2oc(=O)cc(COC(=O)c3ccc4c(c3)S(=O)(=O)N=C3CCCCCN34)c2cc1C. The second-order valence-electron chi connectivity index (χ2n) is 8.73. The Bertz CT molecular complexity index is 1520. The van der Waals surface area contributed by atoms with Crippen molar-refractivity contribution in [2.24, 2.45) is 4.40 Å². The van der Waals surface area contributed by atoms with E-state index < -0.39 is 21.6 Å². The summed E-state index contributed by atoms with van der Waals surface area (Å²) in [6.07, 6.45) is 3.47. The van der Waals surface area contributed by atoms with Gasteiger partial charge >= 0.3 is 11.6 Å². The summed E-state index contributed by atoms with van der Waals surface area (Å²) in [6, 6.07) is 9.50. The van der Waals surface area contributed by atoms with Crippen molar-refractivity contribution in [1.29, 1.82) is 0 Å².